The molecule has 0 aromatic heterocycles. The Bertz CT molecular complexity index is 872. The Morgan fingerprint density at radius 3 is 2.41 bits per heavy atom. The van der Waals surface area contributed by atoms with Crippen LogP contribution in [0.15, 0.2) is 24.3 Å². The molecule has 0 saturated carbocycles. The van der Waals surface area contributed by atoms with E-state index in [1.807, 2.05) is 9.80 Å². The fourth-order valence-corrected chi connectivity index (χ4v) is 5.01. The number of halogens is 1. The highest BCUT2D eigenvalue weighted by molar-refractivity contribution is 5.80. The summed E-state index contributed by atoms with van der Waals surface area (Å²) in [7, 11) is 2.05. The number of amides is 3. The maximum absolute atomic E-state index is 13.3. The number of piperidine rings is 1. The van der Waals surface area contributed by atoms with E-state index in [1.165, 1.54) is 12.1 Å². The lowest BCUT2D eigenvalue weighted by Crippen LogP contribution is -2.52. The van der Waals surface area contributed by atoms with Crippen molar-refractivity contribution in [2.75, 3.05) is 59.4 Å². The van der Waals surface area contributed by atoms with Crippen LogP contribution in [-0.2, 0) is 14.4 Å². The summed E-state index contributed by atoms with van der Waals surface area (Å²) >= 11 is 0. The quantitative estimate of drug-likeness (QED) is 0.600. The van der Waals surface area contributed by atoms with Gasteiger partial charge in [-0.05, 0) is 37.7 Å². The maximum Gasteiger partial charge on any atom is 0.224 e. The zero-order valence-electron chi connectivity index (χ0n) is 20.0. The Balaban J connectivity index is 1.38. The monoisotopic (exact) mass is 474 g/mol. The van der Waals surface area contributed by atoms with Gasteiger partial charge in [0, 0.05) is 84.0 Å². The molecule has 3 heterocycles. The summed E-state index contributed by atoms with van der Waals surface area (Å²) in [5, 5.41) is 0. The molecule has 0 bridgehead atoms. The van der Waals surface area contributed by atoms with E-state index >= 15 is 0 Å². The van der Waals surface area contributed by atoms with E-state index in [-0.39, 0.29) is 35.6 Å². The van der Waals surface area contributed by atoms with Gasteiger partial charge in [-0.15, -0.1) is 0 Å². The lowest BCUT2D eigenvalue weighted by molar-refractivity contribution is -0.140. The zero-order valence-corrected chi connectivity index (χ0v) is 20.0. The number of likely N-dealkylation sites (N-methyl/N-ethyl adjacent to an activating group) is 1. The number of carbonyl (C=O) groups excluding carboxylic acids is 3. The third kappa shape index (κ3) is 6.25. The third-order valence-corrected chi connectivity index (χ3v) is 7.18. The molecule has 34 heavy (non-hydrogen) atoms. The topological polar surface area (TPSA) is 73.4 Å². The van der Waals surface area contributed by atoms with E-state index in [9.17, 15) is 18.8 Å². The maximum atomic E-state index is 13.3. The average Bonchev–Trinajstić information content (AvgIpc) is 3.25. The van der Waals surface area contributed by atoms with Crippen molar-refractivity contribution in [2.45, 2.75) is 38.2 Å². The van der Waals surface area contributed by atoms with Crippen LogP contribution in [0.3, 0.4) is 0 Å². The molecular weight excluding hydrogens is 439 g/mol. The van der Waals surface area contributed by atoms with E-state index in [4.69, 9.17) is 4.74 Å². The average molecular weight is 475 g/mol. The largest absolute Gasteiger partial charge is 0.490 e. The summed E-state index contributed by atoms with van der Waals surface area (Å²) in [5.74, 6) is 0.305. The van der Waals surface area contributed by atoms with Gasteiger partial charge in [-0.2, -0.15) is 0 Å². The van der Waals surface area contributed by atoms with Gasteiger partial charge in [0.25, 0.3) is 0 Å². The summed E-state index contributed by atoms with van der Waals surface area (Å²) in [6, 6.07) is 5.91. The number of benzene rings is 1. The van der Waals surface area contributed by atoms with Crippen molar-refractivity contribution in [2.24, 2.45) is 5.92 Å². The molecule has 0 N–H and O–H groups in total. The second kappa shape index (κ2) is 11.2. The number of nitrogens with zero attached hydrogens (tertiary/aromatic N) is 4. The molecule has 0 spiro atoms. The minimum absolute atomic E-state index is 0.0111. The van der Waals surface area contributed by atoms with Crippen molar-refractivity contribution in [1.29, 1.82) is 0 Å². The Kier molecular flexibility index (Phi) is 8.03. The second-order valence-corrected chi connectivity index (χ2v) is 9.62. The summed E-state index contributed by atoms with van der Waals surface area (Å²) in [4.78, 5) is 45.6. The summed E-state index contributed by atoms with van der Waals surface area (Å²) in [5.41, 5.74) is 0. The Hall–Kier alpha value is -2.68. The minimum atomic E-state index is -0.328. The van der Waals surface area contributed by atoms with Crippen LogP contribution >= 0.6 is 0 Å². The molecular formula is C25H35FN4O4. The van der Waals surface area contributed by atoms with Crippen LogP contribution in [0.25, 0.3) is 0 Å². The first-order valence-corrected chi connectivity index (χ1v) is 12.3. The molecule has 4 rings (SSSR count). The lowest BCUT2D eigenvalue weighted by atomic mass is 9.90. The molecule has 1 aromatic carbocycles. The van der Waals surface area contributed by atoms with Crippen LogP contribution in [0.5, 0.6) is 5.75 Å². The van der Waals surface area contributed by atoms with Gasteiger partial charge < -0.3 is 24.3 Å². The van der Waals surface area contributed by atoms with Crippen molar-refractivity contribution < 1.29 is 23.5 Å². The van der Waals surface area contributed by atoms with Crippen LogP contribution in [0.2, 0.25) is 0 Å². The van der Waals surface area contributed by atoms with Crippen LogP contribution < -0.4 is 4.74 Å². The molecule has 3 fully saturated rings. The highest BCUT2D eigenvalue weighted by atomic mass is 19.1. The summed E-state index contributed by atoms with van der Waals surface area (Å²) < 4.78 is 19.5. The molecule has 0 unspecified atom stereocenters. The van der Waals surface area contributed by atoms with Crippen molar-refractivity contribution >= 4 is 17.7 Å². The van der Waals surface area contributed by atoms with Crippen molar-refractivity contribution in [3.05, 3.63) is 30.1 Å². The third-order valence-electron chi connectivity index (χ3n) is 7.18. The van der Waals surface area contributed by atoms with E-state index in [2.05, 4.69) is 11.9 Å². The molecule has 9 heteroatoms. The van der Waals surface area contributed by atoms with Crippen LogP contribution in [0.4, 0.5) is 4.39 Å². The molecule has 186 valence electrons. The molecule has 1 aromatic rings. The number of hydrogen-bond donors (Lipinski definition) is 0. The normalized spacial score (nSPS) is 23.9. The highest BCUT2D eigenvalue weighted by Gasteiger charge is 2.36. The van der Waals surface area contributed by atoms with Gasteiger partial charge in [-0.25, -0.2) is 4.39 Å². The zero-order chi connectivity index (χ0) is 24.1. The molecule has 3 amide bonds. The van der Waals surface area contributed by atoms with Gasteiger partial charge in [0.2, 0.25) is 17.7 Å². The van der Waals surface area contributed by atoms with Gasteiger partial charge in [-0.1, -0.05) is 0 Å². The fraction of sp³-hybridized carbons (Fsp3) is 0.640. The van der Waals surface area contributed by atoms with E-state index in [0.29, 0.717) is 64.2 Å². The lowest BCUT2D eigenvalue weighted by Gasteiger charge is -2.40. The molecule has 3 saturated heterocycles. The number of likely N-dealkylation sites (tertiary alicyclic amines) is 2. The number of ether oxygens (including phenoxy) is 1. The van der Waals surface area contributed by atoms with Crippen molar-refractivity contribution in [3.8, 4) is 5.75 Å². The first-order chi connectivity index (χ1) is 16.4. The SMILES string of the molecule is CN1CCN(C(=O)C[C@H]2CN(C(=O)CCN3CCCC3=O)CC[C@@H]2Oc2ccc(F)cc2)CC1. The van der Waals surface area contributed by atoms with E-state index < -0.39 is 0 Å². The van der Waals surface area contributed by atoms with Crippen molar-refractivity contribution in [1.82, 2.24) is 19.6 Å². The van der Waals surface area contributed by atoms with Gasteiger partial charge in [-0.3, -0.25) is 14.4 Å². The number of piperazine rings is 1. The van der Waals surface area contributed by atoms with Gasteiger partial charge >= 0.3 is 0 Å². The van der Waals surface area contributed by atoms with Gasteiger partial charge in [0.05, 0.1) is 0 Å². The minimum Gasteiger partial charge on any atom is -0.490 e. The van der Waals surface area contributed by atoms with E-state index in [0.717, 1.165) is 26.1 Å². The Labute approximate surface area is 200 Å². The fourth-order valence-electron chi connectivity index (χ4n) is 5.01. The summed E-state index contributed by atoms with van der Waals surface area (Å²) in [6.45, 7) is 5.28. The first kappa shape index (κ1) is 24.4. The number of carbonyl (C=O) groups is 3. The molecule has 2 atom stereocenters. The van der Waals surface area contributed by atoms with E-state index in [1.54, 1.807) is 17.0 Å². The first-order valence-electron chi connectivity index (χ1n) is 12.3. The second-order valence-electron chi connectivity index (χ2n) is 9.62. The number of rotatable bonds is 7. The van der Waals surface area contributed by atoms with Gasteiger partial charge in [0.15, 0.2) is 0 Å². The summed E-state index contributed by atoms with van der Waals surface area (Å²) in [6.07, 6.45) is 2.41. The molecule has 8 nitrogen and oxygen atoms in total. The molecule has 0 aliphatic carbocycles. The molecule has 0 radical (unpaired) electrons. The molecule has 3 aliphatic heterocycles. The Morgan fingerprint density at radius 2 is 1.74 bits per heavy atom. The predicted octanol–water partition coefficient (Wildman–Crippen LogP) is 1.60. The van der Waals surface area contributed by atoms with Gasteiger partial charge in [0.1, 0.15) is 17.7 Å². The standard InChI is InChI=1S/C25H35FN4O4/c1-27-13-15-29(16-14-27)25(33)17-19-18-30(24(32)9-12-28-10-2-3-23(28)31)11-8-22(19)34-21-6-4-20(26)5-7-21/h4-7,19,22H,2-3,8-18H2,1H3/t19-,22-/m0/s1. The Morgan fingerprint density at radius 1 is 1.00 bits per heavy atom. The predicted molar refractivity (Wildman–Crippen MR) is 125 cm³/mol. The smallest absolute Gasteiger partial charge is 0.224 e. The number of hydrogen-bond acceptors (Lipinski definition) is 5. The van der Waals surface area contributed by atoms with Crippen LogP contribution in [0.1, 0.15) is 32.1 Å². The van der Waals surface area contributed by atoms with Crippen LogP contribution in [-0.4, -0.2) is 103 Å². The van der Waals surface area contributed by atoms with Crippen molar-refractivity contribution in [3.63, 3.8) is 0 Å². The molecule has 3 aliphatic rings. The highest BCUT2D eigenvalue weighted by Crippen LogP contribution is 2.27. The van der Waals surface area contributed by atoms with Crippen LogP contribution in [0, 0.1) is 11.7 Å².